The number of phosphoric acid groups is 1. The number of aryl methyl sites for hydroxylation is 5. The normalized spacial score (nSPS) is 13.4. The Morgan fingerprint density at radius 3 is 1.48 bits per heavy atom. The number of unbranched alkanes of at least 4 members (excludes halogenated alkanes) is 22. The molecule has 14 heteroatoms. The maximum atomic E-state index is 12.8. The predicted molar refractivity (Wildman–Crippen MR) is 265 cm³/mol. The number of carbonyl (C=O) groups excluding carboxylic acids is 2. The molecule has 67 heavy (non-hydrogen) atoms. The Hall–Kier alpha value is -2.96. The number of hydrogen-bond acceptors (Lipinski definition) is 11. The van der Waals surface area contributed by atoms with E-state index in [0.717, 1.165) is 95.0 Å². The van der Waals surface area contributed by atoms with E-state index in [2.05, 4.69) is 40.7 Å². The Labute approximate surface area is 404 Å². The van der Waals surface area contributed by atoms with E-state index in [0.29, 0.717) is 12.8 Å². The number of carbonyl (C=O) groups is 3. The van der Waals surface area contributed by atoms with Gasteiger partial charge in [0, 0.05) is 38.5 Å². The number of furan rings is 2. The Morgan fingerprint density at radius 2 is 0.985 bits per heavy atom. The van der Waals surface area contributed by atoms with Crippen LogP contribution in [0.25, 0.3) is 0 Å². The Kier molecular flexibility index (Phi) is 33.2. The average molecular weight is 966 g/mol. The van der Waals surface area contributed by atoms with Gasteiger partial charge in [-0.25, -0.2) is 4.57 Å². The van der Waals surface area contributed by atoms with Crippen molar-refractivity contribution in [2.75, 3.05) is 19.8 Å². The van der Waals surface area contributed by atoms with Gasteiger partial charge in [-0.1, -0.05) is 142 Å². The third-order valence-corrected chi connectivity index (χ3v) is 13.7. The summed E-state index contributed by atoms with van der Waals surface area (Å²) in [4.78, 5) is 46.4. The van der Waals surface area contributed by atoms with Gasteiger partial charge in [0.05, 0.1) is 13.2 Å². The van der Waals surface area contributed by atoms with Crippen LogP contribution in [0.5, 0.6) is 0 Å². The second-order valence-corrected chi connectivity index (χ2v) is 20.3. The van der Waals surface area contributed by atoms with Crippen molar-refractivity contribution in [1.29, 1.82) is 0 Å². The molecule has 3 atom stereocenters. The fourth-order valence-electron chi connectivity index (χ4n) is 8.26. The molecule has 0 spiro atoms. The number of carboxylic acids is 1. The Bertz CT molecular complexity index is 1670. The van der Waals surface area contributed by atoms with Crippen LogP contribution < -0.4 is 5.73 Å². The molecule has 0 fully saturated rings. The van der Waals surface area contributed by atoms with Gasteiger partial charge in [-0.2, -0.15) is 0 Å². The lowest BCUT2D eigenvalue weighted by molar-refractivity contribution is -0.161. The lowest BCUT2D eigenvalue weighted by atomic mass is 10.0. The van der Waals surface area contributed by atoms with E-state index >= 15 is 0 Å². The smallest absolute Gasteiger partial charge is 0.472 e. The minimum atomic E-state index is -4.74. The van der Waals surface area contributed by atoms with Crippen LogP contribution in [-0.2, 0) is 63.2 Å². The molecule has 0 aliphatic rings. The molecule has 0 bridgehead atoms. The highest BCUT2D eigenvalue weighted by Gasteiger charge is 2.28. The molecule has 2 aromatic rings. The van der Waals surface area contributed by atoms with Gasteiger partial charge in [-0.3, -0.25) is 23.4 Å². The standard InChI is InChI=1S/C53H92NO12P/c1-6-8-26-32-45-38-42(3)48(64-45)33-28-22-18-14-10-12-16-20-24-30-36-51(55)61-39-46(40-62-67(59,60)63-41-47(54)53(57)58)65-52(56)37-31-25-21-17-13-11-15-19-23-29-35-50-44(5)43(4)49(66-50)34-27-9-7-2/h38,46-47H,6-37,39-41,54H2,1-5H3,(H,57,58)(H,59,60). The van der Waals surface area contributed by atoms with Crippen LogP contribution in [-0.4, -0.2) is 59.9 Å². The third kappa shape index (κ3) is 29.0. The van der Waals surface area contributed by atoms with Gasteiger partial charge in [0.25, 0.3) is 0 Å². The van der Waals surface area contributed by atoms with Gasteiger partial charge in [-0.05, 0) is 82.1 Å². The number of nitrogens with two attached hydrogens (primary N) is 1. The monoisotopic (exact) mass is 966 g/mol. The molecule has 3 unspecified atom stereocenters. The summed E-state index contributed by atoms with van der Waals surface area (Å²) >= 11 is 0. The summed E-state index contributed by atoms with van der Waals surface area (Å²) in [6.07, 6.45) is 32.3. The van der Waals surface area contributed by atoms with Crippen LogP contribution in [0.1, 0.15) is 233 Å². The van der Waals surface area contributed by atoms with E-state index in [9.17, 15) is 23.8 Å². The number of rotatable bonds is 44. The highest BCUT2D eigenvalue weighted by atomic mass is 31.2. The van der Waals surface area contributed by atoms with Crippen molar-refractivity contribution in [1.82, 2.24) is 0 Å². The van der Waals surface area contributed by atoms with Crippen LogP contribution in [0.2, 0.25) is 0 Å². The summed E-state index contributed by atoms with van der Waals surface area (Å²) in [5.74, 6) is 2.23. The summed E-state index contributed by atoms with van der Waals surface area (Å²) in [6.45, 7) is 9.26. The van der Waals surface area contributed by atoms with Crippen LogP contribution >= 0.6 is 7.82 Å². The van der Waals surface area contributed by atoms with Crippen molar-refractivity contribution in [3.8, 4) is 0 Å². The summed E-state index contributed by atoms with van der Waals surface area (Å²) in [6, 6.07) is 0.682. The first kappa shape index (κ1) is 60.2. The number of hydrogen-bond donors (Lipinski definition) is 3. The summed E-state index contributed by atoms with van der Waals surface area (Å²) < 4.78 is 45.3. The van der Waals surface area contributed by atoms with Crippen molar-refractivity contribution < 1.29 is 56.3 Å². The average Bonchev–Trinajstić information content (AvgIpc) is 3.79. The summed E-state index contributed by atoms with van der Waals surface area (Å²) in [5, 5.41) is 8.95. The van der Waals surface area contributed by atoms with E-state index in [1.807, 2.05) is 0 Å². The largest absolute Gasteiger partial charge is 0.480 e. The van der Waals surface area contributed by atoms with Crippen molar-refractivity contribution in [2.45, 2.75) is 252 Å². The van der Waals surface area contributed by atoms with Gasteiger partial charge in [-0.15, -0.1) is 0 Å². The number of phosphoric ester groups is 1. The van der Waals surface area contributed by atoms with Gasteiger partial charge < -0.3 is 34.0 Å². The van der Waals surface area contributed by atoms with Crippen LogP contribution in [0.15, 0.2) is 14.9 Å². The SMILES string of the molecule is CCCCCc1cc(C)c(CCCCCCCCCCCCC(=O)OCC(COP(=O)(O)OCC(N)C(=O)O)OC(=O)CCCCCCCCCCCCc2oc(CCCCC)c(C)c2C)o1. The molecule has 0 aliphatic heterocycles. The number of ether oxygens (including phenoxy) is 2. The molecule has 2 heterocycles. The van der Waals surface area contributed by atoms with Gasteiger partial charge in [0.2, 0.25) is 0 Å². The van der Waals surface area contributed by atoms with Gasteiger partial charge >= 0.3 is 25.7 Å². The predicted octanol–water partition coefficient (Wildman–Crippen LogP) is 13.6. The van der Waals surface area contributed by atoms with Gasteiger partial charge in [0.1, 0.15) is 35.7 Å². The second-order valence-electron chi connectivity index (χ2n) is 18.8. The molecule has 386 valence electrons. The quantitative estimate of drug-likeness (QED) is 0.0322. The first-order valence-electron chi connectivity index (χ1n) is 26.4. The second kappa shape index (κ2) is 36.9. The van der Waals surface area contributed by atoms with E-state index < -0.39 is 51.1 Å². The molecule has 2 aromatic heterocycles. The van der Waals surface area contributed by atoms with Crippen molar-refractivity contribution in [2.24, 2.45) is 5.73 Å². The molecule has 0 aromatic carbocycles. The summed E-state index contributed by atoms with van der Waals surface area (Å²) in [7, 11) is -4.74. The molecular weight excluding hydrogens is 874 g/mol. The topological polar surface area (TPSA) is 198 Å². The molecule has 0 aliphatic carbocycles. The molecular formula is C53H92NO12P. The molecule has 0 saturated heterocycles. The Morgan fingerprint density at radius 1 is 0.567 bits per heavy atom. The van der Waals surface area contributed by atoms with Crippen LogP contribution in [0, 0.1) is 20.8 Å². The van der Waals surface area contributed by atoms with Crippen LogP contribution in [0.4, 0.5) is 0 Å². The van der Waals surface area contributed by atoms with E-state index in [1.54, 1.807) is 0 Å². The van der Waals surface area contributed by atoms with Crippen molar-refractivity contribution in [3.05, 3.63) is 45.8 Å². The molecule has 0 radical (unpaired) electrons. The summed E-state index contributed by atoms with van der Waals surface area (Å²) in [5.41, 5.74) is 9.31. The van der Waals surface area contributed by atoms with Crippen molar-refractivity contribution in [3.63, 3.8) is 0 Å². The fraction of sp³-hybridized carbons (Fsp3) is 0.792. The van der Waals surface area contributed by atoms with Gasteiger partial charge in [0.15, 0.2) is 6.10 Å². The highest BCUT2D eigenvalue weighted by molar-refractivity contribution is 7.47. The minimum Gasteiger partial charge on any atom is -0.480 e. The number of esters is 2. The Balaban J connectivity index is 1.58. The maximum absolute atomic E-state index is 12.8. The lowest BCUT2D eigenvalue weighted by Crippen LogP contribution is -2.34. The molecule has 0 saturated carbocycles. The fourth-order valence-corrected chi connectivity index (χ4v) is 9.04. The van der Waals surface area contributed by atoms with Crippen molar-refractivity contribution >= 4 is 25.7 Å². The molecule has 13 nitrogen and oxygen atoms in total. The molecule has 2 rings (SSSR count). The van der Waals surface area contributed by atoms with E-state index in [1.165, 1.54) is 125 Å². The number of carboxylic acid groups (broad SMARTS) is 1. The van der Waals surface area contributed by atoms with E-state index in [4.69, 9.17) is 38.2 Å². The third-order valence-electron chi connectivity index (χ3n) is 12.7. The molecule has 0 amide bonds. The zero-order chi connectivity index (χ0) is 49.1. The minimum absolute atomic E-state index is 0.144. The zero-order valence-corrected chi connectivity index (χ0v) is 43.4. The van der Waals surface area contributed by atoms with E-state index in [-0.39, 0.29) is 19.4 Å². The first-order valence-corrected chi connectivity index (χ1v) is 27.9. The zero-order valence-electron chi connectivity index (χ0n) is 42.5. The first-order chi connectivity index (χ1) is 32.3. The lowest BCUT2D eigenvalue weighted by Gasteiger charge is -2.20. The number of aliphatic carboxylic acids is 1. The molecule has 4 N–H and O–H groups in total. The maximum Gasteiger partial charge on any atom is 0.472 e. The highest BCUT2D eigenvalue weighted by Crippen LogP contribution is 2.43. The van der Waals surface area contributed by atoms with Crippen LogP contribution in [0.3, 0.4) is 0 Å².